The molecule has 0 aliphatic carbocycles. The zero-order valence-electron chi connectivity index (χ0n) is 11.8. The Bertz CT molecular complexity index is 462. The topological polar surface area (TPSA) is 78.9 Å². The predicted molar refractivity (Wildman–Crippen MR) is 74.3 cm³/mol. The average Bonchev–Trinajstić information content (AvgIpc) is 2.41. The number of amides is 2. The Balaban J connectivity index is 2.43. The minimum Gasteiger partial charge on any atom is -0.508 e. The van der Waals surface area contributed by atoms with E-state index in [-0.39, 0.29) is 30.5 Å². The molecule has 20 heavy (non-hydrogen) atoms. The van der Waals surface area contributed by atoms with Crippen molar-refractivity contribution in [1.82, 2.24) is 10.2 Å². The van der Waals surface area contributed by atoms with Gasteiger partial charge in [-0.3, -0.25) is 9.59 Å². The highest BCUT2D eigenvalue weighted by atomic mass is 16.5. The van der Waals surface area contributed by atoms with Crippen LogP contribution in [0.4, 0.5) is 0 Å². The van der Waals surface area contributed by atoms with Crippen LogP contribution < -0.4 is 5.32 Å². The molecule has 0 aliphatic heterocycles. The van der Waals surface area contributed by atoms with Gasteiger partial charge in [-0.25, -0.2) is 0 Å². The number of carbonyl (C=O) groups is 2. The largest absolute Gasteiger partial charge is 0.508 e. The zero-order chi connectivity index (χ0) is 15.0. The molecular formula is C14H20N2O4. The van der Waals surface area contributed by atoms with Crippen LogP contribution in [0.5, 0.6) is 5.75 Å². The van der Waals surface area contributed by atoms with Crippen LogP contribution in [-0.4, -0.2) is 55.7 Å². The number of rotatable bonds is 7. The summed E-state index contributed by atoms with van der Waals surface area (Å²) in [6.45, 7) is 0.828. The van der Waals surface area contributed by atoms with Gasteiger partial charge in [0.15, 0.2) is 0 Å². The normalized spacial score (nSPS) is 10.1. The summed E-state index contributed by atoms with van der Waals surface area (Å²) in [7, 11) is 3.10. The fourth-order valence-electron chi connectivity index (χ4n) is 1.61. The van der Waals surface area contributed by atoms with Gasteiger partial charge in [0.1, 0.15) is 5.75 Å². The summed E-state index contributed by atoms with van der Waals surface area (Å²) < 4.78 is 4.81. The maximum absolute atomic E-state index is 11.9. The second kappa shape index (κ2) is 8.16. The second-order valence-corrected chi connectivity index (χ2v) is 4.40. The summed E-state index contributed by atoms with van der Waals surface area (Å²) in [4.78, 5) is 24.8. The Labute approximate surface area is 118 Å². The molecule has 1 aromatic carbocycles. The van der Waals surface area contributed by atoms with Crippen molar-refractivity contribution in [2.75, 3.05) is 33.9 Å². The van der Waals surface area contributed by atoms with E-state index in [4.69, 9.17) is 4.74 Å². The van der Waals surface area contributed by atoms with Crippen LogP contribution in [0.15, 0.2) is 24.3 Å². The van der Waals surface area contributed by atoms with E-state index in [1.165, 1.54) is 11.0 Å². The monoisotopic (exact) mass is 280 g/mol. The van der Waals surface area contributed by atoms with Crippen LogP contribution in [0.3, 0.4) is 0 Å². The molecule has 6 heteroatoms. The van der Waals surface area contributed by atoms with Crippen molar-refractivity contribution in [3.8, 4) is 5.75 Å². The Hall–Kier alpha value is -2.08. The van der Waals surface area contributed by atoms with Crippen molar-refractivity contribution in [2.24, 2.45) is 0 Å². The third kappa shape index (κ3) is 5.27. The van der Waals surface area contributed by atoms with E-state index in [2.05, 4.69) is 5.32 Å². The standard InChI is InChI=1S/C14H20N2O4/c1-16(10-13(18)15-7-8-20-2)14(19)9-11-5-3-4-6-12(11)17/h3-6,17H,7-10H2,1-2H3,(H,15,18). The highest BCUT2D eigenvalue weighted by molar-refractivity contribution is 5.85. The lowest BCUT2D eigenvalue weighted by Crippen LogP contribution is -2.39. The van der Waals surface area contributed by atoms with Crippen LogP contribution in [0.25, 0.3) is 0 Å². The van der Waals surface area contributed by atoms with Crippen molar-refractivity contribution in [3.63, 3.8) is 0 Å². The van der Waals surface area contributed by atoms with Crippen LogP contribution in [0.1, 0.15) is 5.56 Å². The van der Waals surface area contributed by atoms with Crippen molar-refractivity contribution in [1.29, 1.82) is 0 Å². The fraction of sp³-hybridized carbons (Fsp3) is 0.429. The van der Waals surface area contributed by atoms with Gasteiger partial charge in [0, 0.05) is 26.3 Å². The summed E-state index contributed by atoms with van der Waals surface area (Å²) >= 11 is 0. The number of ether oxygens (including phenoxy) is 1. The first kappa shape index (κ1) is 16.0. The average molecular weight is 280 g/mol. The van der Waals surface area contributed by atoms with Gasteiger partial charge in [-0.15, -0.1) is 0 Å². The van der Waals surface area contributed by atoms with Crippen LogP contribution in [0.2, 0.25) is 0 Å². The first-order chi connectivity index (χ1) is 9.54. The molecule has 0 unspecified atom stereocenters. The summed E-state index contributed by atoms with van der Waals surface area (Å²) in [6.07, 6.45) is 0.0640. The number of para-hydroxylation sites is 1. The molecule has 0 fully saturated rings. The first-order valence-corrected chi connectivity index (χ1v) is 6.31. The molecule has 0 aromatic heterocycles. The van der Waals surface area contributed by atoms with Gasteiger partial charge in [-0.1, -0.05) is 18.2 Å². The smallest absolute Gasteiger partial charge is 0.239 e. The SMILES string of the molecule is COCCNC(=O)CN(C)C(=O)Cc1ccccc1O. The Morgan fingerprint density at radius 1 is 1.35 bits per heavy atom. The molecule has 2 N–H and O–H groups in total. The summed E-state index contributed by atoms with van der Waals surface area (Å²) in [5, 5.41) is 12.2. The number of benzene rings is 1. The van der Waals surface area contributed by atoms with Crippen LogP contribution in [-0.2, 0) is 20.7 Å². The molecule has 1 aromatic rings. The highest BCUT2D eigenvalue weighted by Gasteiger charge is 2.14. The number of hydrogen-bond donors (Lipinski definition) is 2. The molecule has 1 rings (SSSR count). The molecule has 0 spiro atoms. The lowest BCUT2D eigenvalue weighted by atomic mass is 10.1. The maximum Gasteiger partial charge on any atom is 0.239 e. The summed E-state index contributed by atoms with van der Waals surface area (Å²) in [5.41, 5.74) is 0.546. The fourth-order valence-corrected chi connectivity index (χ4v) is 1.61. The summed E-state index contributed by atoms with van der Waals surface area (Å²) in [6, 6.07) is 6.65. The Morgan fingerprint density at radius 2 is 2.05 bits per heavy atom. The molecule has 0 aliphatic rings. The first-order valence-electron chi connectivity index (χ1n) is 6.31. The molecular weight excluding hydrogens is 260 g/mol. The minimum atomic E-state index is -0.241. The van der Waals surface area contributed by atoms with Gasteiger partial charge < -0.3 is 20.1 Å². The van der Waals surface area contributed by atoms with Gasteiger partial charge in [0.25, 0.3) is 0 Å². The quantitative estimate of drug-likeness (QED) is 0.697. The second-order valence-electron chi connectivity index (χ2n) is 4.40. The van der Waals surface area contributed by atoms with E-state index in [0.717, 1.165) is 0 Å². The van der Waals surface area contributed by atoms with Gasteiger partial charge in [-0.05, 0) is 6.07 Å². The van der Waals surface area contributed by atoms with Crippen LogP contribution >= 0.6 is 0 Å². The molecule has 0 atom stereocenters. The number of phenols is 1. The van der Waals surface area contributed by atoms with Crippen molar-refractivity contribution >= 4 is 11.8 Å². The lowest BCUT2D eigenvalue weighted by molar-refractivity contribution is -0.134. The number of nitrogens with zero attached hydrogens (tertiary/aromatic N) is 1. The maximum atomic E-state index is 11.9. The number of hydrogen-bond acceptors (Lipinski definition) is 4. The molecule has 0 heterocycles. The van der Waals surface area contributed by atoms with E-state index in [9.17, 15) is 14.7 Å². The van der Waals surface area contributed by atoms with E-state index in [1.807, 2.05) is 0 Å². The van der Waals surface area contributed by atoms with E-state index >= 15 is 0 Å². The van der Waals surface area contributed by atoms with Gasteiger partial charge in [0.05, 0.1) is 19.6 Å². The predicted octanol–water partition coefficient (Wildman–Crippen LogP) is 0.156. The molecule has 0 radical (unpaired) electrons. The van der Waals surface area contributed by atoms with Crippen molar-refractivity contribution < 1.29 is 19.4 Å². The number of methoxy groups -OCH3 is 1. The Kier molecular flexibility index (Phi) is 6.52. The number of aromatic hydroxyl groups is 1. The molecule has 110 valence electrons. The summed E-state index contributed by atoms with van der Waals surface area (Å²) in [5.74, 6) is -0.387. The minimum absolute atomic E-state index is 0.0177. The van der Waals surface area contributed by atoms with Gasteiger partial charge in [0.2, 0.25) is 11.8 Å². The highest BCUT2D eigenvalue weighted by Crippen LogP contribution is 2.16. The van der Waals surface area contributed by atoms with Gasteiger partial charge >= 0.3 is 0 Å². The lowest BCUT2D eigenvalue weighted by Gasteiger charge is -2.17. The third-order valence-electron chi connectivity index (χ3n) is 2.77. The van der Waals surface area contributed by atoms with E-state index in [1.54, 1.807) is 32.4 Å². The number of phenolic OH excluding ortho intramolecular Hbond substituents is 1. The van der Waals surface area contributed by atoms with Gasteiger partial charge in [-0.2, -0.15) is 0 Å². The van der Waals surface area contributed by atoms with E-state index in [0.29, 0.717) is 18.7 Å². The van der Waals surface area contributed by atoms with Crippen LogP contribution in [0, 0.1) is 0 Å². The molecule has 6 nitrogen and oxygen atoms in total. The molecule has 0 saturated heterocycles. The van der Waals surface area contributed by atoms with Crippen molar-refractivity contribution in [2.45, 2.75) is 6.42 Å². The van der Waals surface area contributed by atoms with Crippen molar-refractivity contribution in [3.05, 3.63) is 29.8 Å². The Morgan fingerprint density at radius 3 is 2.70 bits per heavy atom. The molecule has 0 saturated carbocycles. The number of carbonyl (C=O) groups excluding carboxylic acids is 2. The molecule has 0 bridgehead atoms. The number of nitrogens with one attached hydrogen (secondary N) is 1. The zero-order valence-corrected chi connectivity index (χ0v) is 11.8. The molecule has 2 amide bonds. The number of likely N-dealkylation sites (N-methyl/N-ethyl adjacent to an activating group) is 1. The van der Waals surface area contributed by atoms with E-state index < -0.39 is 0 Å². The third-order valence-corrected chi connectivity index (χ3v) is 2.77.